The van der Waals surface area contributed by atoms with Crippen molar-refractivity contribution < 1.29 is 4.79 Å². The molecule has 26 heavy (non-hydrogen) atoms. The van der Waals surface area contributed by atoms with Crippen molar-refractivity contribution in [2.45, 2.75) is 63.8 Å². The Morgan fingerprint density at radius 2 is 1.42 bits per heavy atom. The summed E-state index contributed by atoms with van der Waals surface area (Å²) >= 11 is 0. The molecule has 0 radical (unpaired) electrons. The van der Waals surface area contributed by atoms with Gasteiger partial charge in [0.05, 0.1) is 0 Å². The van der Waals surface area contributed by atoms with Gasteiger partial charge in [0.15, 0.2) is 0 Å². The molecule has 2 saturated heterocycles. The number of carbonyl (C=O) groups excluding carboxylic acids is 1. The van der Waals surface area contributed by atoms with Gasteiger partial charge in [-0.25, -0.2) is 0 Å². The van der Waals surface area contributed by atoms with Gasteiger partial charge in [0.1, 0.15) is 0 Å². The molecule has 4 nitrogen and oxygen atoms in total. The molecule has 2 unspecified atom stereocenters. The van der Waals surface area contributed by atoms with Crippen molar-refractivity contribution >= 4 is 30.7 Å². The van der Waals surface area contributed by atoms with Crippen LogP contribution in [0.2, 0.25) is 0 Å². The Bertz CT molecular complexity index is 436. The number of piperidine rings is 1. The zero-order chi connectivity index (χ0) is 16.5. The molecule has 2 atom stereocenters. The number of hydrogen-bond acceptors (Lipinski definition) is 3. The molecule has 2 saturated carbocycles. The zero-order valence-electron chi connectivity index (χ0n) is 16.0. The highest BCUT2D eigenvalue weighted by Crippen LogP contribution is 2.42. The summed E-state index contributed by atoms with van der Waals surface area (Å²) in [4.78, 5) is 17.8. The molecule has 0 aromatic heterocycles. The summed E-state index contributed by atoms with van der Waals surface area (Å²) in [6.07, 6.45) is 11.1. The molecule has 6 heteroatoms. The van der Waals surface area contributed by atoms with E-state index in [-0.39, 0.29) is 30.7 Å². The number of nitrogens with zero attached hydrogens (tertiary/aromatic N) is 2. The average molecular weight is 406 g/mol. The molecule has 2 aliphatic carbocycles. The topological polar surface area (TPSA) is 49.6 Å². The molecule has 0 aromatic rings. The van der Waals surface area contributed by atoms with Crippen molar-refractivity contribution in [3.63, 3.8) is 0 Å². The lowest BCUT2D eigenvalue weighted by atomic mass is 9.65. The molecular formula is C20H37Cl2N3O. The fourth-order valence-corrected chi connectivity index (χ4v) is 5.92. The summed E-state index contributed by atoms with van der Waals surface area (Å²) in [5.41, 5.74) is 6.39. The lowest BCUT2D eigenvalue weighted by molar-refractivity contribution is -0.140. The molecular weight excluding hydrogens is 369 g/mol. The van der Waals surface area contributed by atoms with Gasteiger partial charge in [0, 0.05) is 31.6 Å². The van der Waals surface area contributed by atoms with E-state index in [9.17, 15) is 4.79 Å². The molecule has 4 rings (SSSR count). The molecule has 0 aromatic carbocycles. The van der Waals surface area contributed by atoms with Gasteiger partial charge >= 0.3 is 0 Å². The second-order valence-electron chi connectivity index (χ2n) is 8.97. The van der Waals surface area contributed by atoms with Crippen molar-refractivity contribution in [2.24, 2.45) is 29.4 Å². The maximum absolute atomic E-state index is 13.0. The largest absolute Gasteiger partial charge is 0.342 e. The molecule has 4 fully saturated rings. The van der Waals surface area contributed by atoms with Crippen LogP contribution in [0.5, 0.6) is 0 Å². The number of nitrogens with two attached hydrogens (primary N) is 1. The predicted molar refractivity (Wildman–Crippen MR) is 111 cm³/mol. The first-order valence-corrected chi connectivity index (χ1v) is 10.5. The maximum Gasteiger partial charge on any atom is 0.225 e. The molecule has 2 aliphatic heterocycles. The SMILES string of the molecule is Cl.Cl.NC1C2CCCC1CC(C(=O)N1CCC(CN3CCCC3)CC1)C2. The van der Waals surface area contributed by atoms with E-state index in [1.54, 1.807) is 0 Å². The molecule has 4 aliphatic rings. The van der Waals surface area contributed by atoms with Gasteiger partial charge in [0.25, 0.3) is 0 Å². The fraction of sp³-hybridized carbons (Fsp3) is 0.950. The van der Waals surface area contributed by atoms with E-state index in [2.05, 4.69) is 9.80 Å². The predicted octanol–water partition coefficient (Wildman–Crippen LogP) is 3.32. The molecule has 2 bridgehead atoms. The van der Waals surface area contributed by atoms with Crippen LogP contribution in [-0.4, -0.2) is 54.5 Å². The van der Waals surface area contributed by atoms with Crippen LogP contribution in [0, 0.1) is 23.7 Å². The lowest BCUT2D eigenvalue weighted by Gasteiger charge is -2.45. The van der Waals surface area contributed by atoms with Gasteiger partial charge in [-0.05, 0) is 82.2 Å². The minimum Gasteiger partial charge on any atom is -0.342 e. The van der Waals surface area contributed by atoms with E-state index >= 15 is 0 Å². The third kappa shape index (κ3) is 4.87. The minimum atomic E-state index is 0. The highest BCUT2D eigenvalue weighted by atomic mass is 35.5. The first kappa shape index (κ1) is 22.3. The molecule has 0 spiro atoms. The van der Waals surface area contributed by atoms with Crippen LogP contribution < -0.4 is 5.73 Å². The average Bonchev–Trinajstić information content (AvgIpc) is 3.08. The summed E-state index contributed by atoms with van der Waals surface area (Å²) in [6.45, 7) is 5.85. The van der Waals surface area contributed by atoms with Crippen LogP contribution in [0.4, 0.5) is 0 Å². The summed E-state index contributed by atoms with van der Waals surface area (Å²) in [6, 6.07) is 0.369. The summed E-state index contributed by atoms with van der Waals surface area (Å²) in [5, 5.41) is 0. The standard InChI is InChI=1S/C20H35N3O.2ClH/c21-19-16-4-3-5-17(19)13-18(12-16)20(24)23-10-6-15(7-11-23)14-22-8-1-2-9-22;;/h15-19H,1-14,21H2;2*1H. The monoisotopic (exact) mass is 405 g/mol. The smallest absolute Gasteiger partial charge is 0.225 e. The second-order valence-corrected chi connectivity index (χ2v) is 8.97. The Labute approximate surface area is 171 Å². The van der Waals surface area contributed by atoms with Gasteiger partial charge in [-0.3, -0.25) is 4.79 Å². The first-order chi connectivity index (χ1) is 11.7. The Hall–Kier alpha value is -0.0300. The van der Waals surface area contributed by atoms with Crippen LogP contribution in [0.1, 0.15) is 57.8 Å². The third-order valence-corrected chi connectivity index (χ3v) is 7.40. The number of rotatable bonds is 3. The van der Waals surface area contributed by atoms with Crippen molar-refractivity contribution in [3.05, 3.63) is 0 Å². The van der Waals surface area contributed by atoms with Crippen LogP contribution in [-0.2, 0) is 4.79 Å². The first-order valence-electron chi connectivity index (χ1n) is 10.5. The van der Waals surface area contributed by atoms with Gasteiger partial charge < -0.3 is 15.5 Å². The maximum atomic E-state index is 13.0. The van der Waals surface area contributed by atoms with E-state index in [1.165, 1.54) is 64.6 Å². The Balaban J connectivity index is 0.00000121. The highest BCUT2D eigenvalue weighted by Gasteiger charge is 2.42. The van der Waals surface area contributed by atoms with Crippen LogP contribution in [0.3, 0.4) is 0 Å². The van der Waals surface area contributed by atoms with Crippen molar-refractivity contribution in [1.82, 2.24) is 9.80 Å². The van der Waals surface area contributed by atoms with Crippen LogP contribution in [0.15, 0.2) is 0 Å². The molecule has 1 amide bonds. The van der Waals surface area contributed by atoms with E-state index in [0.717, 1.165) is 31.8 Å². The van der Waals surface area contributed by atoms with E-state index in [4.69, 9.17) is 5.73 Å². The summed E-state index contributed by atoms with van der Waals surface area (Å²) in [7, 11) is 0. The summed E-state index contributed by atoms with van der Waals surface area (Å²) in [5.74, 6) is 2.76. The van der Waals surface area contributed by atoms with Crippen molar-refractivity contribution in [1.29, 1.82) is 0 Å². The molecule has 152 valence electrons. The number of hydrogen-bond donors (Lipinski definition) is 1. The third-order valence-electron chi connectivity index (χ3n) is 7.40. The van der Waals surface area contributed by atoms with Crippen LogP contribution in [0.25, 0.3) is 0 Å². The normalized spacial score (nSPS) is 35.5. The fourth-order valence-electron chi connectivity index (χ4n) is 5.92. The summed E-state index contributed by atoms with van der Waals surface area (Å²) < 4.78 is 0. The number of halogens is 2. The van der Waals surface area contributed by atoms with Crippen LogP contribution >= 0.6 is 24.8 Å². The number of carbonyl (C=O) groups is 1. The van der Waals surface area contributed by atoms with Gasteiger partial charge in [-0.2, -0.15) is 0 Å². The van der Waals surface area contributed by atoms with E-state index < -0.39 is 0 Å². The zero-order valence-corrected chi connectivity index (χ0v) is 17.6. The Morgan fingerprint density at radius 1 is 0.846 bits per heavy atom. The minimum absolute atomic E-state index is 0. The molecule has 2 N–H and O–H groups in total. The van der Waals surface area contributed by atoms with Crippen molar-refractivity contribution in [3.8, 4) is 0 Å². The number of amides is 1. The van der Waals surface area contributed by atoms with E-state index in [1.807, 2.05) is 0 Å². The number of likely N-dealkylation sites (tertiary alicyclic amines) is 2. The van der Waals surface area contributed by atoms with Gasteiger partial charge in [0.2, 0.25) is 5.91 Å². The molecule has 2 heterocycles. The Morgan fingerprint density at radius 3 is 2.00 bits per heavy atom. The van der Waals surface area contributed by atoms with Crippen molar-refractivity contribution in [2.75, 3.05) is 32.7 Å². The van der Waals surface area contributed by atoms with Gasteiger partial charge in [-0.1, -0.05) is 6.42 Å². The highest BCUT2D eigenvalue weighted by molar-refractivity contribution is 5.85. The number of fused-ring (bicyclic) bond motifs is 2. The second kappa shape index (κ2) is 9.95. The van der Waals surface area contributed by atoms with E-state index in [0.29, 0.717) is 23.8 Å². The lowest BCUT2D eigenvalue weighted by Crippen LogP contribution is -2.51. The van der Waals surface area contributed by atoms with Gasteiger partial charge in [-0.15, -0.1) is 24.8 Å². The Kier molecular flexibility index (Phi) is 8.52. The quantitative estimate of drug-likeness (QED) is 0.782.